The monoisotopic (exact) mass is 388 g/mol. The fraction of sp³-hybridized carbons (Fsp3) is 0.200. The van der Waals surface area contributed by atoms with Crippen molar-refractivity contribution in [3.05, 3.63) is 53.6 Å². The van der Waals surface area contributed by atoms with Crippen LogP contribution in [0.3, 0.4) is 0 Å². The minimum absolute atomic E-state index is 0.0632. The molecule has 0 radical (unpaired) electrons. The lowest BCUT2D eigenvalue weighted by atomic mass is 10.3. The number of benzene rings is 2. The van der Waals surface area contributed by atoms with Crippen LogP contribution in [0.4, 0.5) is 5.69 Å². The molecule has 0 aliphatic rings. The molecule has 9 heteroatoms. The maximum Gasteiger partial charge on any atom is 0.261 e. The largest absolute Gasteiger partial charge is 0.280 e. The normalized spacial score (nSPS) is 12.1. The van der Waals surface area contributed by atoms with Gasteiger partial charge in [-0.2, -0.15) is 0 Å². The molecule has 6 nitrogen and oxygen atoms in total. The molecule has 0 aliphatic carbocycles. The molecule has 0 saturated carbocycles. The van der Waals surface area contributed by atoms with Gasteiger partial charge >= 0.3 is 0 Å². The van der Waals surface area contributed by atoms with Crippen LogP contribution in [0.1, 0.15) is 13.3 Å². The molecule has 24 heavy (non-hydrogen) atoms. The van der Waals surface area contributed by atoms with E-state index >= 15 is 0 Å². The molecule has 130 valence electrons. The third-order valence-corrected chi connectivity index (χ3v) is 6.21. The Bertz CT molecular complexity index is 893. The second-order valence-corrected chi connectivity index (χ2v) is 8.87. The van der Waals surface area contributed by atoms with Crippen LogP contribution in [0, 0.1) is 0 Å². The lowest BCUT2D eigenvalue weighted by Crippen LogP contribution is -2.24. The van der Waals surface area contributed by atoms with Gasteiger partial charge in [-0.15, -0.1) is 0 Å². The van der Waals surface area contributed by atoms with Gasteiger partial charge in [0.2, 0.25) is 10.0 Å². The van der Waals surface area contributed by atoms with Gasteiger partial charge in [-0.3, -0.25) is 4.72 Å². The number of sulfonamides is 2. The molecule has 0 saturated heterocycles. The van der Waals surface area contributed by atoms with Crippen molar-refractivity contribution in [2.24, 2.45) is 0 Å². The molecule has 2 aromatic rings. The van der Waals surface area contributed by atoms with Gasteiger partial charge in [0, 0.05) is 17.3 Å². The zero-order valence-corrected chi connectivity index (χ0v) is 15.2. The third-order valence-electron chi connectivity index (χ3n) is 3.08. The summed E-state index contributed by atoms with van der Waals surface area (Å²) in [5.74, 6) is 0. The second kappa shape index (κ2) is 7.52. The van der Waals surface area contributed by atoms with E-state index in [2.05, 4.69) is 9.44 Å². The summed E-state index contributed by atoms with van der Waals surface area (Å²) in [6, 6.07) is 11.2. The first-order valence-electron chi connectivity index (χ1n) is 7.13. The molecule has 0 atom stereocenters. The summed E-state index contributed by atoms with van der Waals surface area (Å²) in [6.45, 7) is 2.20. The van der Waals surface area contributed by atoms with E-state index in [-0.39, 0.29) is 15.5 Å². The fourth-order valence-electron chi connectivity index (χ4n) is 1.85. The molecule has 0 bridgehead atoms. The molecule has 0 heterocycles. The van der Waals surface area contributed by atoms with Gasteiger partial charge in [0.1, 0.15) is 0 Å². The second-order valence-electron chi connectivity index (χ2n) is 4.98. The van der Waals surface area contributed by atoms with Crippen molar-refractivity contribution in [1.82, 2.24) is 4.72 Å². The van der Waals surface area contributed by atoms with Gasteiger partial charge in [0.15, 0.2) is 0 Å². The third kappa shape index (κ3) is 4.70. The average molecular weight is 389 g/mol. The highest BCUT2D eigenvalue weighted by Gasteiger charge is 2.16. The highest BCUT2D eigenvalue weighted by Crippen LogP contribution is 2.19. The maximum atomic E-state index is 12.3. The summed E-state index contributed by atoms with van der Waals surface area (Å²) in [7, 11) is -7.35. The quantitative estimate of drug-likeness (QED) is 0.762. The number of anilines is 1. The molecule has 0 aromatic heterocycles. The van der Waals surface area contributed by atoms with Crippen molar-refractivity contribution in [1.29, 1.82) is 0 Å². The van der Waals surface area contributed by atoms with Crippen molar-refractivity contribution < 1.29 is 16.8 Å². The van der Waals surface area contributed by atoms with Crippen molar-refractivity contribution in [2.75, 3.05) is 11.3 Å². The lowest BCUT2D eigenvalue weighted by molar-refractivity contribution is 0.581. The summed E-state index contributed by atoms with van der Waals surface area (Å²) in [5.41, 5.74) is 0.263. The summed E-state index contributed by atoms with van der Waals surface area (Å²) in [6.07, 6.45) is 0.679. The Morgan fingerprint density at radius 1 is 0.833 bits per heavy atom. The van der Waals surface area contributed by atoms with Crippen LogP contribution in [-0.2, 0) is 20.0 Å². The number of rotatable bonds is 7. The average Bonchev–Trinajstić information content (AvgIpc) is 2.53. The lowest BCUT2D eigenvalue weighted by Gasteiger charge is -2.10. The van der Waals surface area contributed by atoms with Crippen LogP contribution < -0.4 is 9.44 Å². The van der Waals surface area contributed by atoms with Crippen LogP contribution in [0.5, 0.6) is 0 Å². The van der Waals surface area contributed by atoms with Crippen LogP contribution in [-0.4, -0.2) is 23.4 Å². The van der Waals surface area contributed by atoms with E-state index in [1.54, 1.807) is 0 Å². The van der Waals surface area contributed by atoms with E-state index in [1.165, 1.54) is 48.5 Å². The highest BCUT2D eigenvalue weighted by atomic mass is 35.5. The zero-order valence-electron chi connectivity index (χ0n) is 12.9. The molecule has 2 rings (SSSR count). The molecule has 0 fully saturated rings. The number of halogens is 1. The molecule has 2 aromatic carbocycles. The van der Waals surface area contributed by atoms with Crippen LogP contribution in [0.2, 0.25) is 5.02 Å². The van der Waals surface area contributed by atoms with Gasteiger partial charge < -0.3 is 0 Å². The Morgan fingerprint density at radius 2 is 1.33 bits per heavy atom. The van der Waals surface area contributed by atoms with Crippen molar-refractivity contribution in [2.45, 2.75) is 23.1 Å². The smallest absolute Gasteiger partial charge is 0.261 e. The van der Waals surface area contributed by atoms with Crippen molar-refractivity contribution in [3.8, 4) is 0 Å². The van der Waals surface area contributed by atoms with Gasteiger partial charge in [-0.05, 0) is 55.0 Å². The summed E-state index contributed by atoms with van der Waals surface area (Å²) < 4.78 is 53.3. The SMILES string of the molecule is CCCNS(=O)(=O)c1ccc(NS(=O)(=O)c2ccc(Cl)cc2)cc1. The van der Waals surface area contributed by atoms with Gasteiger partial charge in [-0.25, -0.2) is 21.6 Å². The zero-order chi connectivity index (χ0) is 17.8. The highest BCUT2D eigenvalue weighted by molar-refractivity contribution is 7.92. The Kier molecular flexibility index (Phi) is 5.87. The minimum atomic E-state index is -3.77. The molecule has 0 unspecified atom stereocenters. The molecule has 0 amide bonds. The summed E-state index contributed by atoms with van der Waals surface area (Å²) >= 11 is 5.74. The fourth-order valence-corrected chi connectivity index (χ4v) is 4.17. The summed E-state index contributed by atoms with van der Waals surface area (Å²) in [4.78, 5) is 0.138. The van der Waals surface area contributed by atoms with Gasteiger partial charge in [-0.1, -0.05) is 18.5 Å². The van der Waals surface area contributed by atoms with Crippen LogP contribution >= 0.6 is 11.6 Å². The number of nitrogens with one attached hydrogen (secondary N) is 2. The number of hydrogen-bond donors (Lipinski definition) is 2. The van der Waals surface area contributed by atoms with E-state index in [4.69, 9.17) is 11.6 Å². The Labute approximate surface area is 147 Å². The Hall–Kier alpha value is -1.61. The molecule has 0 spiro atoms. The van der Waals surface area contributed by atoms with E-state index < -0.39 is 20.0 Å². The Balaban J connectivity index is 2.18. The first-order valence-corrected chi connectivity index (χ1v) is 10.5. The van der Waals surface area contributed by atoms with Crippen LogP contribution in [0.15, 0.2) is 58.3 Å². The van der Waals surface area contributed by atoms with Crippen LogP contribution in [0.25, 0.3) is 0 Å². The topological polar surface area (TPSA) is 92.3 Å². The maximum absolute atomic E-state index is 12.3. The van der Waals surface area contributed by atoms with Gasteiger partial charge in [0.25, 0.3) is 10.0 Å². The predicted molar refractivity (Wildman–Crippen MR) is 94.2 cm³/mol. The Morgan fingerprint density at radius 3 is 1.88 bits per heavy atom. The first kappa shape index (κ1) is 18.7. The molecule has 0 aliphatic heterocycles. The standard InChI is InChI=1S/C15H17ClN2O4S2/c1-2-11-17-23(19,20)14-9-5-13(6-10-14)18-24(21,22)15-7-3-12(16)4-8-15/h3-10,17-18H,2,11H2,1H3. The van der Waals surface area contributed by atoms with E-state index in [0.29, 0.717) is 18.0 Å². The molecular formula is C15H17ClN2O4S2. The predicted octanol–water partition coefficient (Wildman–Crippen LogP) is 2.83. The first-order chi connectivity index (χ1) is 11.2. The van der Waals surface area contributed by atoms with Gasteiger partial charge in [0.05, 0.1) is 9.79 Å². The molecular weight excluding hydrogens is 372 g/mol. The van der Waals surface area contributed by atoms with Crippen molar-refractivity contribution in [3.63, 3.8) is 0 Å². The molecule has 2 N–H and O–H groups in total. The van der Waals surface area contributed by atoms with E-state index in [0.717, 1.165) is 0 Å². The van der Waals surface area contributed by atoms with E-state index in [1.807, 2.05) is 6.92 Å². The minimum Gasteiger partial charge on any atom is -0.280 e. The van der Waals surface area contributed by atoms with Crippen molar-refractivity contribution >= 4 is 37.3 Å². The van der Waals surface area contributed by atoms with E-state index in [9.17, 15) is 16.8 Å². The number of hydrogen-bond acceptors (Lipinski definition) is 4. The summed E-state index contributed by atoms with van der Waals surface area (Å²) in [5, 5.41) is 0.433.